The van der Waals surface area contributed by atoms with Crippen molar-refractivity contribution >= 4 is 16.9 Å². The number of aryl methyl sites for hydroxylation is 1. The van der Waals surface area contributed by atoms with Gasteiger partial charge in [-0.2, -0.15) is 0 Å². The minimum atomic E-state index is -2.25. The van der Waals surface area contributed by atoms with E-state index < -0.39 is 29.8 Å². The summed E-state index contributed by atoms with van der Waals surface area (Å²) in [5.41, 5.74) is -1.44. The molecule has 0 spiro atoms. The Bertz CT molecular complexity index is 1260. The molecule has 1 heterocycles. The summed E-state index contributed by atoms with van der Waals surface area (Å²) in [5.74, 6) is -1.94. The molecule has 0 saturated heterocycles. The van der Waals surface area contributed by atoms with Crippen molar-refractivity contribution in [1.29, 1.82) is 0 Å². The molecule has 3 aromatic carbocycles. The summed E-state index contributed by atoms with van der Waals surface area (Å²) in [6.07, 6.45) is 0. The minimum Gasteiger partial charge on any atom is -0.373 e. The molecule has 0 aliphatic carbocycles. The number of halogens is 3. The fourth-order valence-corrected chi connectivity index (χ4v) is 3.81. The zero-order valence-corrected chi connectivity index (χ0v) is 17.1. The number of carbonyl (C=O) groups excluding carboxylic acids is 1. The number of hydrogen-bond donors (Lipinski definition) is 2. The maximum absolute atomic E-state index is 14.9. The second-order valence-electron chi connectivity index (χ2n) is 7.31. The van der Waals surface area contributed by atoms with Crippen molar-refractivity contribution in [3.63, 3.8) is 0 Å². The standard InChI is InChI=1S/C24H20F3N3O2/c1-30-21-14-15(22(31)28-13-12-25)10-11-20(21)29-23(30)24(32,16-6-2-4-8-18(16)26)17-7-3-5-9-19(17)27/h2-11,14,32H,12-13H2,1H3,(H,28,31). The third-order valence-corrected chi connectivity index (χ3v) is 5.37. The highest BCUT2D eigenvalue weighted by molar-refractivity contribution is 5.97. The number of imidazole rings is 1. The van der Waals surface area contributed by atoms with E-state index in [1.165, 1.54) is 53.1 Å². The van der Waals surface area contributed by atoms with Gasteiger partial charge in [0.25, 0.3) is 5.91 Å². The Morgan fingerprint density at radius 2 is 1.62 bits per heavy atom. The van der Waals surface area contributed by atoms with Crippen molar-refractivity contribution in [2.75, 3.05) is 13.2 Å². The van der Waals surface area contributed by atoms with E-state index in [1.807, 2.05) is 0 Å². The predicted octanol–water partition coefficient (Wildman–Crippen LogP) is 3.84. The third kappa shape index (κ3) is 3.52. The second-order valence-corrected chi connectivity index (χ2v) is 7.31. The van der Waals surface area contributed by atoms with Crippen LogP contribution in [0.5, 0.6) is 0 Å². The normalized spacial score (nSPS) is 11.7. The van der Waals surface area contributed by atoms with Crippen LogP contribution in [0.2, 0.25) is 0 Å². The van der Waals surface area contributed by atoms with Crippen molar-refractivity contribution in [3.05, 3.63) is 101 Å². The fraction of sp³-hybridized carbons (Fsp3) is 0.167. The highest BCUT2D eigenvalue weighted by Crippen LogP contribution is 2.39. The van der Waals surface area contributed by atoms with Crippen LogP contribution >= 0.6 is 0 Å². The lowest BCUT2D eigenvalue weighted by Gasteiger charge is -2.29. The molecule has 0 fully saturated rings. The molecule has 0 atom stereocenters. The average Bonchev–Trinajstić information content (AvgIpc) is 3.14. The molecule has 2 N–H and O–H groups in total. The van der Waals surface area contributed by atoms with Crippen LogP contribution in [0.4, 0.5) is 13.2 Å². The maximum atomic E-state index is 14.9. The Hall–Kier alpha value is -3.65. The van der Waals surface area contributed by atoms with Crippen molar-refractivity contribution in [2.45, 2.75) is 5.60 Å². The number of rotatable bonds is 6. The first-order chi connectivity index (χ1) is 15.4. The Labute approximate surface area is 182 Å². The molecule has 164 valence electrons. The van der Waals surface area contributed by atoms with Crippen LogP contribution in [0, 0.1) is 11.6 Å². The summed E-state index contributed by atoms with van der Waals surface area (Å²) in [4.78, 5) is 16.7. The highest BCUT2D eigenvalue weighted by Gasteiger charge is 2.42. The molecule has 0 aliphatic heterocycles. The molecule has 0 bridgehead atoms. The lowest BCUT2D eigenvalue weighted by Crippen LogP contribution is -2.34. The highest BCUT2D eigenvalue weighted by atomic mass is 19.1. The SMILES string of the molecule is Cn1c(C(O)(c2ccccc2F)c2ccccc2F)nc2ccc(C(=O)NCCF)cc21. The number of nitrogens with one attached hydrogen (secondary N) is 1. The molecule has 4 aromatic rings. The lowest BCUT2D eigenvalue weighted by atomic mass is 9.84. The van der Waals surface area contributed by atoms with Crippen molar-refractivity contribution in [1.82, 2.24) is 14.9 Å². The van der Waals surface area contributed by atoms with Gasteiger partial charge in [-0.15, -0.1) is 0 Å². The molecular weight excluding hydrogens is 419 g/mol. The monoisotopic (exact) mass is 439 g/mol. The number of nitrogens with zero attached hydrogens (tertiary/aromatic N) is 2. The molecule has 4 rings (SSSR count). The van der Waals surface area contributed by atoms with E-state index >= 15 is 0 Å². The molecule has 0 unspecified atom stereocenters. The molecule has 0 aliphatic rings. The van der Waals surface area contributed by atoms with Gasteiger partial charge in [-0.3, -0.25) is 4.79 Å². The smallest absolute Gasteiger partial charge is 0.251 e. The molecule has 5 nitrogen and oxygen atoms in total. The van der Waals surface area contributed by atoms with Crippen LogP contribution in [0.15, 0.2) is 66.7 Å². The Morgan fingerprint density at radius 3 is 2.19 bits per heavy atom. The summed E-state index contributed by atoms with van der Waals surface area (Å²) in [6.45, 7) is -0.810. The van der Waals surface area contributed by atoms with E-state index in [1.54, 1.807) is 25.2 Å². The summed E-state index contributed by atoms with van der Waals surface area (Å²) < 4.78 is 43.6. The van der Waals surface area contributed by atoms with Gasteiger partial charge < -0.3 is 15.0 Å². The third-order valence-electron chi connectivity index (χ3n) is 5.37. The predicted molar refractivity (Wildman–Crippen MR) is 114 cm³/mol. The van der Waals surface area contributed by atoms with Crippen LogP contribution in [0.3, 0.4) is 0 Å². The van der Waals surface area contributed by atoms with Crippen molar-refractivity contribution in [3.8, 4) is 0 Å². The topological polar surface area (TPSA) is 67.1 Å². The molecule has 8 heteroatoms. The van der Waals surface area contributed by atoms with Gasteiger partial charge >= 0.3 is 0 Å². The number of amides is 1. The lowest BCUT2D eigenvalue weighted by molar-refractivity contribution is 0.0951. The zero-order valence-electron chi connectivity index (χ0n) is 17.1. The van der Waals surface area contributed by atoms with E-state index in [4.69, 9.17) is 0 Å². The zero-order chi connectivity index (χ0) is 22.9. The fourth-order valence-electron chi connectivity index (χ4n) is 3.81. The summed E-state index contributed by atoms with van der Waals surface area (Å²) in [5, 5.41) is 14.3. The Morgan fingerprint density at radius 1 is 1.03 bits per heavy atom. The van der Waals surface area contributed by atoms with Gasteiger partial charge in [0.1, 0.15) is 18.3 Å². The number of benzene rings is 3. The molecule has 0 saturated carbocycles. The van der Waals surface area contributed by atoms with Gasteiger partial charge in [0.05, 0.1) is 11.0 Å². The number of fused-ring (bicyclic) bond motifs is 1. The quantitative estimate of drug-likeness (QED) is 0.480. The number of carbonyl (C=O) groups is 1. The van der Waals surface area contributed by atoms with Crippen molar-refractivity contribution < 1.29 is 23.1 Å². The molecular formula is C24H20F3N3O2. The maximum Gasteiger partial charge on any atom is 0.251 e. The molecule has 1 aromatic heterocycles. The van der Waals surface area contributed by atoms with E-state index in [0.29, 0.717) is 11.0 Å². The van der Waals surface area contributed by atoms with E-state index in [9.17, 15) is 23.1 Å². The first-order valence-corrected chi connectivity index (χ1v) is 9.91. The van der Waals surface area contributed by atoms with Crippen LogP contribution in [-0.2, 0) is 12.6 Å². The van der Waals surface area contributed by atoms with Gasteiger partial charge in [0.15, 0.2) is 11.4 Å². The number of aromatic nitrogens is 2. The van der Waals surface area contributed by atoms with Gasteiger partial charge in [0.2, 0.25) is 0 Å². The van der Waals surface area contributed by atoms with E-state index in [-0.39, 0.29) is 29.1 Å². The summed E-state index contributed by atoms with van der Waals surface area (Å²) >= 11 is 0. The molecule has 32 heavy (non-hydrogen) atoms. The largest absolute Gasteiger partial charge is 0.373 e. The number of hydrogen-bond acceptors (Lipinski definition) is 3. The van der Waals surface area contributed by atoms with Crippen molar-refractivity contribution in [2.24, 2.45) is 7.05 Å². The second kappa shape index (κ2) is 8.47. The van der Waals surface area contributed by atoms with Crippen LogP contribution in [0.1, 0.15) is 27.3 Å². The van der Waals surface area contributed by atoms with Gasteiger partial charge in [-0.25, -0.2) is 18.2 Å². The average molecular weight is 439 g/mol. The molecule has 0 radical (unpaired) electrons. The van der Waals surface area contributed by atoms with E-state index in [0.717, 1.165) is 0 Å². The van der Waals surface area contributed by atoms with Crippen LogP contribution in [-0.4, -0.2) is 33.8 Å². The van der Waals surface area contributed by atoms with Gasteiger partial charge in [-0.1, -0.05) is 36.4 Å². The summed E-state index contributed by atoms with van der Waals surface area (Å²) in [7, 11) is 1.58. The van der Waals surface area contributed by atoms with E-state index in [2.05, 4.69) is 10.3 Å². The first kappa shape index (κ1) is 21.6. The summed E-state index contributed by atoms with van der Waals surface area (Å²) in [6, 6.07) is 15.7. The van der Waals surface area contributed by atoms with Crippen LogP contribution in [0.25, 0.3) is 11.0 Å². The number of alkyl halides is 1. The Kier molecular flexibility index (Phi) is 5.71. The minimum absolute atomic E-state index is 0.0241. The van der Waals surface area contributed by atoms with Gasteiger partial charge in [-0.05, 0) is 30.3 Å². The Balaban J connectivity index is 1.95. The molecule has 1 amide bonds. The first-order valence-electron chi connectivity index (χ1n) is 9.91. The van der Waals surface area contributed by atoms with Crippen LogP contribution < -0.4 is 5.32 Å². The number of aliphatic hydroxyl groups is 1. The van der Waals surface area contributed by atoms with Gasteiger partial charge in [0, 0.05) is 30.3 Å².